The molecule has 0 bridgehead atoms. The van der Waals surface area contributed by atoms with Crippen LogP contribution in [0, 0.1) is 11.3 Å². The normalized spacial score (nSPS) is 15.3. The number of aliphatic hydroxyl groups excluding tert-OH is 1. The van der Waals surface area contributed by atoms with Crippen molar-refractivity contribution in [2.45, 2.75) is 26.1 Å². The number of hydrazone groups is 1. The van der Waals surface area contributed by atoms with Crippen molar-refractivity contribution < 1.29 is 38.4 Å². The molecule has 0 radical (unpaired) electrons. The van der Waals surface area contributed by atoms with E-state index in [0.29, 0.717) is 40.7 Å². The smallest absolute Gasteiger partial charge is 0.337 e. The minimum absolute atomic E-state index is 0.190. The molecule has 1 heterocycles. The second-order valence-electron chi connectivity index (χ2n) is 8.40. The molecule has 4 N–H and O–H groups in total. The number of amides is 2. The van der Waals surface area contributed by atoms with E-state index in [1.807, 2.05) is 6.07 Å². The Morgan fingerprint density at radius 3 is 2.68 bits per heavy atom. The molecule has 2 aromatic carbocycles. The van der Waals surface area contributed by atoms with E-state index >= 15 is 0 Å². The molecular formula is C27H30ClN5O8. The van der Waals surface area contributed by atoms with Gasteiger partial charge in [-0.15, -0.1) is 0 Å². The number of carbonyl (C=O) groups excluding carboxylic acids is 2. The van der Waals surface area contributed by atoms with Gasteiger partial charge < -0.3 is 39.4 Å². The van der Waals surface area contributed by atoms with Gasteiger partial charge >= 0.3 is 12.0 Å². The monoisotopic (exact) mass is 587 g/mol. The summed E-state index contributed by atoms with van der Waals surface area (Å²) in [6.45, 7) is 3.33. The summed E-state index contributed by atoms with van der Waals surface area (Å²) in [4.78, 5) is 24.5. The molecule has 0 unspecified atom stereocenters. The number of aliphatic hydroxyl groups is 1. The van der Waals surface area contributed by atoms with Gasteiger partial charge in [0, 0.05) is 5.70 Å². The lowest BCUT2D eigenvalue weighted by Gasteiger charge is -2.28. The molecule has 3 rings (SSSR count). The highest BCUT2D eigenvalue weighted by Crippen LogP contribution is 2.36. The Morgan fingerprint density at radius 1 is 1.22 bits per heavy atom. The number of benzene rings is 2. The van der Waals surface area contributed by atoms with Crippen LogP contribution in [0.1, 0.15) is 31.0 Å². The third-order valence-electron chi connectivity index (χ3n) is 5.64. The van der Waals surface area contributed by atoms with Gasteiger partial charge in [-0.25, -0.2) is 9.59 Å². The molecule has 2 amide bonds. The molecule has 0 fully saturated rings. The Balaban J connectivity index is 1.69. The van der Waals surface area contributed by atoms with Crippen molar-refractivity contribution in [1.29, 1.82) is 5.26 Å². The topological polar surface area (TPSA) is 173 Å². The lowest BCUT2D eigenvalue weighted by atomic mass is 9.95. The van der Waals surface area contributed by atoms with Crippen LogP contribution >= 0.6 is 11.6 Å². The maximum atomic E-state index is 12.4. The molecule has 218 valence electrons. The molecule has 0 saturated heterocycles. The van der Waals surface area contributed by atoms with Crippen molar-refractivity contribution in [3.63, 3.8) is 0 Å². The fourth-order valence-corrected chi connectivity index (χ4v) is 4.15. The molecular weight excluding hydrogens is 558 g/mol. The Morgan fingerprint density at radius 2 is 2.00 bits per heavy atom. The number of nitrogens with one attached hydrogen (secondary N) is 3. The van der Waals surface area contributed by atoms with Crippen LogP contribution in [0.25, 0.3) is 0 Å². The van der Waals surface area contributed by atoms with Gasteiger partial charge in [0.2, 0.25) is 0 Å². The standard InChI is InChI=1S/C27H30ClN5O8/c1-5-39-20-12-17(24-23(26(35)38-4)15(2)31-27(36)32-24)6-7-19(20)41-14-22(34)33-30-13-16-10-18(28)25(40-9-8-29)21(11-16)37-3/h6-7,10-13,22,24,33-34H,5,9,14H2,1-4H3,(H2,31,32,36)/b30-13-/t22-,24-/m1/s1. The first-order valence-corrected chi connectivity index (χ1v) is 12.7. The van der Waals surface area contributed by atoms with Gasteiger partial charge in [-0.1, -0.05) is 17.7 Å². The highest BCUT2D eigenvalue weighted by molar-refractivity contribution is 6.32. The average molecular weight is 588 g/mol. The number of hydrogen-bond donors (Lipinski definition) is 4. The average Bonchev–Trinajstić information content (AvgIpc) is 2.95. The van der Waals surface area contributed by atoms with Crippen LogP contribution in [-0.2, 0) is 9.53 Å². The highest BCUT2D eigenvalue weighted by atomic mass is 35.5. The number of nitriles is 1. The van der Waals surface area contributed by atoms with Crippen molar-refractivity contribution in [1.82, 2.24) is 16.1 Å². The van der Waals surface area contributed by atoms with Gasteiger partial charge in [0.05, 0.1) is 43.7 Å². The Bertz CT molecular complexity index is 1370. The molecule has 2 atom stereocenters. The molecule has 2 aromatic rings. The van der Waals surface area contributed by atoms with Gasteiger partial charge in [0.25, 0.3) is 0 Å². The lowest BCUT2D eigenvalue weighted by molar-refractivity contribution is -0.136. The third-order valence-corrected chi connectivity index (χ3v) is 5.92. The minimum atomic E-state index is -1.20. The Kier molecular flexibility index (Phi) is 11.0. The van der Waals surface area contributed by atoms with Crippen LogP contribution < -0.4 is 35.0 Å². The first-order valence-electron chi connectivity index (χ1n) is 12.3. The molecule has 1 aliphatic rings. The van der Waals surface area contributed by atoms with E-state index in [1.165, 1.54) is 20.4 Å². The fourth-order valence-electron chi connectivity index (χ4n) is 3.88. The number of rotatable bonds is 13. The van der Waals surface area contributed by atoms with E-state index < -0.39 is 24.3 Å². The number of allylic oxidation sites excluding steroid dienone is 1. The zero-order valence-corrected chi connectivity index (χ0v) is 23.6. The van der Waals surface area contributed by atoms with Gasteiger partial charge in [-0.3, -0.25) is 5.43 Å². The van der Waals surface area contributed by atoms with Crippen molar-refractivity contribution in [3.05, 3.63) is 57.8 Å². The molecule has 0 aliphatic carbocycles. The quantitative estimate of drug-likeness (QED) is 0.118. The summed E-state index contributed by atoms with van der Waals surface area (Å²) in [6.07, 6.45) is 0.213. The van der Waals surface area contributed by atoms with E-state index in [4.69, 9.17) is 40.5 Å². The van der Waals surface area contributed by atoms with Crippen LogP contribution in [0.15, 0.2) is 46.7 Å². The van der Waals surface area contributed by atoms with E-state index in [2.05, 4.69) is 21.2 Å². The maximum absolute atomic E-state index is 12.4. The number of carbonyl (C=O) groups is 2. The van der Waals surface area contributed by atoms with E-state index in [-0.39, 0.29) is 29.6 Å². The predicted molar refractivity (Wildman–Crippen MR) is 148 cm³/mol. The van der Waals surface area contributed by atoms with Gasteiger partial charge in [-0.2, -0.15) is 10.4 Å². The molecule has 13 nitrogen and oxygen atoms in total. The number of esters is 1. The molecule has 0 aromatic heterocycles. The Labute approximate surface area is 241 Å². The molecule has 0 spiro atoms. The number of methoxy groups -OCH3 is 2. The molecule has 41 heavy (non-hydrogen) atoms. The first-order chi connectivity index (χ1) is 19.7. The van der Waals surface area contributed by atoms with Crippen molar-refractivity contribution >= 4 is 29.8 Å². The van der Waals surface area contributed by atoms with Crippen molar-refractivity contribution in [3.8, 4) is 29.1 Å². The summed E-state index contributed by atoms with van der Waals surface area (Å²) in [5, 5.41) is 28.6. The van der Waals surface area contributed by atoms with Crippen molar-refractivity contribution in [2.24, 2.45) is 5.10 Å². The second kappa shape index (κ2) is 14.6. The summed E-state index contributed by atoms with van der Waals surface area (Å²) in [7, 11) is 2.70. The van der Waals surface area contributed by atoms with Gasteiger partial charge in [0.15, 0.2) is 35.8 Å². The van der Waals surface area contributed by atoms with Crippen LogP contribution in [-0.4, -0.2) is 63.6 Å². The number of ether oxygens (including phenoxy) is 5. The SMILES string of the molecule is CCOc1cc([C@H]2NC(=O)NC(C)=C2C(=O)OC)ccc1OC[C@@H](O)N/N=C\c1cc(Cl)c(OCC#N)c(OC)c1. The van der Waals surface area contributed by atoms with Gasteiger partial charge in [-0.05, 0) is 49.2 Å². The van der Waals surface area contributed by atoms with Crippen LogP contribution in [0.2, 0.25) is 5.02 Å². The van der Waals surface area contributed by atoms with Crippen molar-refractivity contribution in [2.75, 3.05) is 34.0 Å². The maximum Gasteiger partial charge on any atom is 0.337 e. The van der Waals surface area contributed by atoms with Crippen LogP contribution in [0.3, 0.4) is 0 Å². The second-order valence-corrected chi connectivity index (χ2v) is 8.80. The summed E-state index contributed by atoms with van der Waals surface area (Å²) < 4.78 is 26.9. The summed E-state index contributed by atoms with van der Waals surface area (Å²) in [6, 6.07) is 8.72. The molecule has 0 saturated carbocycles. The highest BCUT2D eigenvalue weighted by Gasteiger charge is 2.32. The molecule has 14 heteroatoms. The Hall–Kier alpha value is -4.67. The third kappa shape index (κ3) is 7.93. The molecule has 1 aliphatic heterocycles. The van der Waals surface area contributed by atoms with E-state index in [1.54, 1.807) is 44.2 Å². The van der Waals surface area contributed by atoms with Gasteiger partial charge in [0.1, 0.15) is 12.7 Å². The van der Waals surface area contributed by atoms with Crippen LogP contribution in [0.4, 0.5) is 4.79 Å². The predicted octanol–water partition coefficient (Wildman–Crippen LogP) is 2.77. The van der Waals surface area contributed by atoms with E-state index in [9.17, 15) is 14.7 Å². The number of urea groups is 1. The largest absolute Gasteiger partial charge is 0.493 e. The van der Waals surface area contributed by atoms with E-state index in [0.717, 1.165) is 0 Å². The summed E-state index contributed by atoms with van der Waals surface area (Å²) >= 11 is 6.23. The fraction of sp³-hybridized carbons (Fsp3) is 0.333. The zero-order valence-electron chi connectivity index (χ0n) is 22.8. The summed E-state index contributed by atoms with van der Waals surface area (Å²) in [5.41, 5.74) is 4.29. The zero-order chi connectivity index (χ0) is 29.9. The number of halogens is 1. The van der Waals surface area contributed by atoms with Crippen LogP contribution in [0.5, 0.6) is 23.0 Å². The minimum Gasteiger partial charge on any atom is -0.493 e. The number of hydrogen-bond acceptors (Lipinski definition) is 11. The summed E-state index contributed by atoms with van der Waals surface area (Å²) in [5.74, 6) is 0.636. The lowest BCUT2D eigenvalue weighted by Crippen LogP contribution is -2.45. The first kappa shape index (κ1) is 30.9. The number of nitrogens with zero attached hydrogens (tertiary/aromatic N) is 2.